The van der Waals surface area contributed by atoms with Crippen molar-refractivity contribution in [3.05, 3.63) is 17.5 Å². The first-order chi connectivity index (χ1) is 7.81. The van der Waals surface area contributed by atoms with Crippen LogP contribution in [0.15, 0.2) is 12.4 Å². The maximum Gasteiger partial charge on any atom is 0.149 e. The third-order valence-electron chi connectivity index (χ3n) is 3.44. The lowest BCUT2D eigenvalue weighted by Crippen LogP contribution is -2.35. The maximum atomic E-state index is 5.87. The predicted molar refractivity (Wildman–Crippen MR) is 63.8 cm³/mol. The molecule has 0 saturated carbocycles. The predicted octanol–water partition coefficient (Wildman–Crippen LogP) is 1.46. The number of nitrogens with one attached hydrogen (secondary N) is 1. The molecule has 0 spiro atoms. The summed E-state index contributed by atoms with van der Waals surface area (Å²) in [6.45, 7) is 2.06. The first kappa shape index (κ1) is 10.3. The summed E-state index contributed by atoms with van der Waals surface area (Å²) >= 11 is 5.87. The highest BCUT2D eigenvalue weighted by Crippen LogP contribution is 2.23. The molecule has 5 heteroatoms. The van der Waals surface area contributed by atoms with Gasteiger partial charge >= 0.3 is 0 Å². The number of halogens is 1. The van der Waals surface area contributed by atoms with Gasteiger partial charge in [-0.05, 0) is 19.3 Å². The Balaban J connectivity index is 1.79. The number of aromatic nitrogens is 2. The smallest absolute Gasteiger partial charge is 0.149 e. The Hall–Kier alpha value is -0.870. The zero-order valence-corrected chi connectivity index (χ0v) is 9.82. The molecule has 2 saturated heterocycles. The van der Waals surface area contributed by atoms with Crippen LogP contribution in [0, 0.1) is 0 Å². The molecular weight excluding hydrogens is 224 g/mol. The lowest BCUT2D eigenvalue weighted by atomic mass is 10.1. The van der Waals surface area contributed by atoms with E-state index < -0.39 is 0 Å². The van der Waals surface area contributed by atoms with Crippen LogP contribution in [0.5, 0.6) is 0 Å². The zero-order chi connectivity index (χ0) is 11.0. The summed E-state index contributed by atoms with van der Waals surface area (Å²) in [4.78, 5) is 10.7. The van der Waals surface area contributed by atoms with Crippen molar-refractivity contribution in [3.8, 4) is 0 Å². The summed E-state index contributed by atoms with van der Waals surface area (Å²) in [5, 5.41) is 4.12. The highest BCUT2D eigenvalue weighted by Gasteiger charge is 2.29. The van der Waals surface area contributed by atoms with Crippen LogP contribution in [0.25, 0.3) is 0 Å². The number of hydrogen-bond acceptors (Lipinski definition) is 4. The van der Waals surface area contributed by atoms with Crippen molar-refractivity contribution in [1.82, 2.24) is 15.3 Å². The van der Waals surface area contributed by atoms with Gasteiger partial charge in [0.15, 0.2) is 0 Å². The van der Waals surface area contributed by atoms with Crippen molar-refractivity contribution in [3.63, 3.8) is 0 Å². The van der Waals surface area contributed by atoms with Crippen molar-refractivity contribution in [2.75, 3.05) is 18.0 Å². The van der Waals surface area contributed by atoms with Crippen molar-refractivity contribution in [2.45, 2.75) is 31.3 Å². The topological polar surface area (TPSA) is 41.1 Å². The SMILES string of the molecule is Clc1cncc(N2CCC3CCC(C2)N3)n1. The summed E-state index contributed by atoms with van der Waals surface area (Å²) in [5.74, 6) is 0.904. The fourth-order valence-electron chi connectivity index (χ4n) is 2.64. The highest BCUT2D eigenvalue weighted by atomic mass is 35.5. The fraction of sp³-hybridized carbons (Fsp3) is 0.636. The van der Waals surface area contributed by atoms with Crippen molar-refractivity contribution >= 4 is 17.4 Å². The van der Waals surface area contributed by atoms with Crippen LogP contribution in [0.1, 0.15) is 19.3 Å². The lowest BCUT2D eigenvalue weighted by Gasteiger charge is -2.24. The number of anilines is 1. The lowest BCUT2D eigenvalue weighted by molar-refractivity contribution is 0.563. The van der Waals surface area contributed by atoms with Crippen molar-refractivity contribution in [2.24, 2.45) is 0 Å². The van der Waals surface area contributed by atoms with Gasteiger partial charge in [-0.25, -0.2) is 4.98 Å². The molecule has 0 amide bonds. The van der Waals surface area contributed by atoms with E-state index in [0.717, 1.165) is 18.9 Å². The Morgan fingerprint density at radius 3 is 3.00 bits per heavy atom. The van der Waals surface area contributed by atoms with E-state index >= 15 is 0 Å². The monoisotopic (exact) mass is 238 g/mol. The molecule has 1 aromatic rings. The molecule has 2 aliphatic rings. The summed E-state index contributed by atoms with van der Waals surface area (Å²) in [7, 11) is 0. The molecule has 0 radical (unpaired) electrons. The molecule has 3 rings (SSSR count). The molecule has 16 heavy (non-hydrogen) atoms. The van der Waals surface area contributed by atoms with Crippen LogP contribution in [0.3, 0.4) is 0 Å². The Morgan fingerprint density at radius 1 is 1.25 bits per heavy atom. The van der Waals surface area contributed by atoms with E-state index in [4.69, 9.17) is 11.6 Å². The summed E-state index contributed by atoms with van der Waals surface area (Å²) in [6, 6.07) is 1.30. The Bertz CT molecular complexity index is 384. The molecule has 2 atom stereocenters. The van der Waals surface area contributed by atoms with E-state index in [-0.39, 0.29) is 0 Å². The standard InChI is InChI=1S/C11H15ClN4/c12-10-5-13-6-11(15-10)16-4-3-8-1-2-9(7-16)14-8/h5-6,8-9,14H,1-4,7H2. The van der Waals surface area contributed by atoms with Gasteiger partial charge in [-0.3, -0.25) is 4.98 Å². The molecule has 0 aromatic carbocycles. The van der Waals surface area contributed by atoms with Crippen LogP contribution >= 0.6 is 11.6 Å². The average molecular weight is 239 g/mol. The first-order valence-electron chi connectivity index (χ1n) is 5.80. The molecule has 2 unspecified atom stereocenters. The quantitative estimate of drug-likeness (QED) is 0.804. The maximum absolute atomic E-state index is 5.87. The van der Waals surface area contributed by atoms with E-state index in [0.29, 0.717) is 17.2 Å². The molecule has 0 aliphatic carbocycles. The van der Waals surface area contributed by atoms with Gasteiger partial charge in [0.2, 0.25) is 0 Å². The minimum Gasteiger partial charge on any atom is -0.354 e. The zero-order valence-electron chi connectivity index (χ0n) is 9.06. The van der Waals surface area contributed by atoms with Gasteiger partial charge in [0, 0.05) is 25.2 Å². The van der Waals surface area contributed by atoms with Crippen LogP contribution in [0.4, 0.5) is 5.82 Å². The Morgan fingerprint density at radius 2 is 2.12 bits per heavy atom. The largest absolute Gasteiger partial charge is 0.354 e. The Labute approximate surface area is 100 Å². The van der Waals surface area contributed by atoms with E-state index in [2.05, 4.69) is 20.2 Å². The van der Waals surface area contributed by atoms with Crippen molar-refractivity contribution in [1.29, 1.82) is 0 Å². The molecular formula is C11H15ClN4. The van der Waals surface area contributed by atoms with Gasteiger partial charge in [-0.2, -0.15) is 0 Å². The fourth-order valence-corrected chi connectivity index (χ4v) is 2.78. The second-order valence-electron chi connectivity index (χ2n) is 4.57. The molecule has 1 aromatic heterocycles. The first-order valence-corrected chi connectivity index (χ1v) is 6.17. The van der Waals surface area contributed by atoms with Gasteiger partial charge < -0.3 is 10.2 Å². The van der Waals surface area contributed by atoms with E-state index in [1.54, 1.807) is 12.4 Å². The number of rotatable bonds is 1. The van der Waals surface area contributed by atoms with Gasteiger partial charge in [0.1, 0.15) is 11.0 Å². The second kappa shape index (κ2) is 4.18. The van der Waals surface area contributed by atoms with E-state index in [1.165, 1.54) is 19.3 Å². The summed E-state index contributed by atoms with van der Waals surface area (Å²) in [6.07, 6.45) is 7.15. The molecule has 3 heterocycles. The second-order valence-corrected chi connectivity index (χ2v) is 4.96. The Kier molecular flexibility index (Phi) is 2.69. The third kappa shape index (κ3) is 1.99. The molecule has 2 aliphatic heterocycles. The number of nitrogens with zero attached hydrogens (tertiary/aromatic N) is 3. The van der Waals surface area contributed by atoms with Crippen LogP contribution < -0.4 is 10.2 Å². The normalized spacial score (nSPS) is 29.2. The van der Waals surface area contributed by atoms with Crippen molar-refractivity contribution < 1.29 is 0 Å². The van der Waals surface area contributed by atoms with Crippen LogP contribution in [-0.2, 0) is 0 Å². The number of hydrogen-bond donors (Lipinski definition) is 1. The van der Waals surface area contributed by atoms with Gasteiger partial charge in [-0.1, -0.05) is 11.6 Å². The highest BCUT2D eigenvalue weighted by molar-refractivity contribution is 6.29. The number of fused-ring (bicyclic) bond motifs is 2. The van der Waals surface area contributed by atoms with E-state index in [1.807, 2.05) is 0 Å². The van der Waals surface area contributed by atoms with Gasteiger partial charge in [0.05, 0.1) is 12.4 Å². The average Bonchev–Trinajstić information content (AvgIpc) is 2.58. The minimum absolute atomic E-state index is 0.472. The summed E-state index contributed by atoms with van der Waals surface area (Å²) < 4.78 is 0. The van der Waals surface area contributed by atoms with Crippen LogP contribution in [0.2, 0.25) is 5.15 Å². The summed E-state index contributed by atoms with van der Waals surface area (Å²) in [5.41, 5.74) is 0. The van der Waals surface area contributed by atoms with E-state index in [9.17, 15) is 0 Å². The molecule has 2 fully saturated rings. The molecule has 1 N–H and O–H groups in total. The molecule has 86 valence electrons. The molecule has 4 nitrogen and oxygen atoms in total. The molecule has 2 bridgehead atoms. The third-order valence-corrected chi connectivity index (χ3v) is 3.62. The van der Waals surface area contributed by atoms with Gasteiger partial charge in [-0.15, -0.1) is 0 Å². The van der Waals surface area contributed by atoms with Gasteiger partial charge in [0.25, 0.3) is 0 Å². The minimum atomic E-state index is 0.472. The van der Waals surface area contributed by atoms with Crippen LogP contribution in [-0.4, -0.2) is 35.1 Å².